The first-order chi connectivity index (χ1) is 22.8. The normalized spacial score (nSPS) is 14.2. The summed E-state index contributed by atoms with van der Waals surface area (Å²) >= 11 is 0. The number of nitrogens with one attached hydrogen (secondary N) is 1. The monoisotopic (exact) mass is 657 g/mol. The second kappa shape index (κ2) is 15.7. The first-order valence-corrected chi connectivity index (χ1v) is 16.8. The van der Waals surface area contributed by atoms with Gasteiger partial charge in [0.25, 0.3) is 5.91 Å². The van der Waals surface area contributed by atoms with E-state index in [1.807, 2.05) is 54.6 Å². The van der Waals surface area contributed by atoms with E-state index in [9.17, 15) is 18.0 Å². The summed E-state index contributed by atoms with van der Waals surface area (Å²) in [6, 6.07) is 29.1. The maximum atomic E-state index is 14.3. The molecule has 11 heteroatoms. The van der Waals surface area contributed by atoms with Gasteiger partial charge in [-0.2, -0.15) is 4.31 Å². The third-order valence-corrected chi connectivity index (χ3v) is 9.98. The molecule has 0 aliphatic carbocycles. The van der Waals surface area contributed by atoms with E-state index in [2.05, 4.69) is 5.32 Å². The van der Waals surface area contributed by atoms with E-state index in [0.717, 1.165) is 11.1 Å². The number of rotatable bonds is 13. The Kier molecular flexibility index (Phi) is 11.3. The zero-order chi connectivity index (χ0) is 33.2. The molecule has 1 N–H and O–H groups in total. The highest BCUT2D eigenvalue weighted by Crippen LogP contribution is 2.27. The molecule has 0 bridgehead atoms. The summed E-state index contributed by atoms with van der Waals surface area (Å²) in [4.78, 5) is 30.1. The summed E-state index contributed by atoms with van der Waals surface area (Å²) in [6.45, 7) is 1.67. The molecule has 0 spiro atoms. The molecule has 10 nitrogen and oxygen atoms in total. The van der Waals surface area contributed by atoms with E-state index >= 15 is 0 Å². The predicted molar refractivity (Wildman–Crippen MR) is 178 cm³/mol. The van der Waals surface area contributed by atoms with Crippen LogP contribution >= 0.6 is 0 Å². The van der Waals surface area contributed by atoms with E-state index < -0.39 is 22.0 Å². The number of hydrogen-bond acceptors (Lipinski definition) is 7. The molecule has 246 valence electrons. The Morgan fingerprint density at radius 3 is 2.00 bits per heavy atom. The standard InChI is InChI=1S/C36H39N3O7S/c1-44-31-14-8-28(9-15-31)26-37-35(40)34(29-10-16-32(45-2)17-11-29)39(21-20-27-6-4-3-5-7-27)36(41)30-12-18-33(19-13-30)47(42,43)38-22-24-46-25-23-38/h3-19,34H,20-26H2,1-2H3,(H,37,40)/t34-/m0/s1. The van der Waals surface area contributed by atoms with Gasteiger partial charge in [-0.3, -0.25) is 9.59 Å². The summed E-state index contributed by atoms with van der Waals surface area (Å²) < 4.78 is 43.7. The van der Waals surface area contributed by atoms with E-state index in [1.165, 1.54) is 28.6 Å². The Hall–Kier alpha value is -4.71. The van der Waals surface area contributed by atoms with Crippen LogP contribution in [0, 0.1) is 0 Å². The molecule has 1 saturated heterocycles. The highest BCUT2D eigenvalue weighted by molar-refractivity contribution is 7.89. The van der Waals surface area contributed by atoms with Crippen molar-refractivity contribution in [3.63, 3.8) is 0 Å². The molecule has 0 saturated carbocycles. The van der Waals surface area contributed by atoms with Gasteiger partial charge in [0.05, 0.1) is 32.3 Å². The predicted octanol–water partition coefficient (Wildman–Crippen LogP) is 4.47. The molecule has 1 aliphatic rings. The fourth-order valence-corrected chi connectivity index (χ4v) is 6.81. The number of carbonyl (C=O) groups is 2. The Balaban J connectivity index is 1.47. The molecule has 1 atom stereocenters. The Morgan fingerprint density at radius 2 is 1.40 bits per heavy atom. The minimum Gasteiger partial charge on any atom is -0.497 e. The molecule has 4 aromatic rings. The van der Waals surface area contributed by atoms with Crippen LogP contribution in [0.1, 0.15) is 33.1 Å². The highest BCUT2D eigenvalue weighted by atomic mass is 32.2. The van der Waals surface area contributed by atoms with Gasteiger partial charge in [-0.15, -0.1) is 0 Å². The SMILES string of the molecule is COc1ccc(CNC(=O)[C@H](c2ccc(OC)cc2)N(CCc2ccccc2)C(=O)c2ccc(S(=O)(=O)N3CCOCC3)cc2)cc1. The molecule has 1 aliphatic heterocycles. The molecule has 0 unspecified atom stereocenters. The maximum absolute atomic E-state index is 14.3. The Bertz CT molecular complexity index is 1720. The molecule has 4 aromatic carbocycles. The molecule has 2 amide bonds. The van der Waals surface area contributed by atoms with Crippen LogP contribution in [0.15, 0.2) is 108 Å². The molecule has 0 radical (unpaired) electrons. The zero-order valence-electron chi connectivity index (χ0n) is 26.5. The molecule has 0 aromatic heterocycles. The summed E-state index contributed by atoms with van der Waals surface area (Å²) in [6.07, 6.45) is 0.495. The average Bonchev–Trinajstić information content (AvgIpc) is 3.13. The van der Waals surface area contributed by atoms with Gasteiger partial charge in [0.2, 0.25) is 15.9 Å². The smallest absolute Gasteiger partial charge is 0.254 e. The van der Waals surface area contributed by atoms with Gasteiger partial charge in [-0.05, 0) is 71.6 Å². The van der Waals surface area contributed by atoms with Gasteiger partial charge in [-0.1, -0.05) is 54.6 Å². The van der Waals surface area contributed by atoms with Gasteiger partial charge in [0.15, 0.2) is 0 Å². The van der Waals surface area contributed by atoms with Crippen molar-refractivity contribution >= 4 is 21.8 Å². The molecule has 1 fully saturated rings. The van der Waals surface area contributed by atoms with E-state index in [1.54, 1.807) is 43.4 Å². The third-order valence-electron chi connectivity index (χ3n) is 8.07. The molecule has 5 rings (SSSR count). The molecule has 1 heterocycles. The topological polar surface area (TPSA) is 114 Å². The summed E-state index contributed by atoms with van der Waals surface area (Å²) in [5.41, 5.74) is 2.74. The Morgan fingerprint density at radius 1 is 0.809 bits per heavy atom. The largest absolute Gasteiger partial charge is 0.497 e. The first kappa shape index (κ1) is 33.6. The van der Waals surface area contributed by atoms with Crippen LogP contribution < -0.4 is 14.8 Å². The highest BCUT2D eigenvalue weighted by Gasteiger charge is 2.33. The van der Waals surface area contributed by atoms with Gasteiger partial charge in [0, 0.05) is 31.7 Å². The molecular weight excluding hydrogens is 618 g/mol. The lowest BCUT2D eigenvalue weighted by Gasteiger charge is -2.32. The maximum Gasteiger partial charge on any atom is 0.254 e. The van der Waals surface area contributed by atoms with Crippen molar-refractivity contribution < 1.29 is 32.2 Å². The van der Waals surface area contributed by atoms with Crippen LogP contribution in [0.2, 0.25) is 0 Å². The lowest BCUT2D eigenvalue weighted by molar-refractivity contribution is -0.126. The lowest BCUT2D eigenvalue weighted by Crippen LogP contribution is -2.44. The van der Waals surface area contributed by atoms with Crippen molar-refractivity contribution in [2.24, 2.45) is 0 Å². The van der Waals surface area contributed by atoms with Gasteiger partial charge in [-0.25, -0.2) is 8.42 Å². The van der Waals surface area contributed by atoms with Crippen LogP contribution in [-0.4, -0.2) is 76.5 Å². The van der Waals surface area contributed by atoms with Gasteiger partial charge >= 0.3 is 0 Å². The number of morpholine rings is 1. The van der Waals surface area contributed by atoms with Crippen molar-refractivity contribution in [3.8, 4) is 11.5 Å². The van der Waals surface area contributed by atoms with Gasteiger partial charge in [0.1, 0.15) is 17.5 Å². The summed E-state index contributed by atoms with van der Waals surface area (Å²) in [5.74, 6) is 0.554. The van der Waals surface area contributed by atoms with E-state index in [0.29, 0.717) is 36.7 Å². The number of ether oxygens (including phenoxy) is 3. The quantitative estimate of drug-likeness (QED) is 0.226. The minimum absolute atomic E-state index is 0.0933. The lowest BCUT2D eigenvalue weighted by atomic mass is 10.0. The number of methoxy groups -OCH3 is 2. The number of benzene rings is 4. The minimum atomic E-state index is -3.74. The van der Waals surface area contributed by atoms with Gasteiger partial charge < -0.3 is 24.4 Å². The number of sulfonamides is 1. The summed E-state index contributed by atoms with van der Waals surface area (Å²) in [7, 11) is -0.591. The third kappa shape index (κ3) is 8.37. The number of carbonyl (C=O) groups excluding carboxylic acids is 2. The number of amides is 2. The molecule has 47 heavy (non-hydrogen) atoms. The zero-order valence-corrected chi connectivity index (χ0v) is 27.3. The summed E-state index contributed by atoms with van der Waals surface area (Å²) in [5, 5.41) is 3.01. The molecular formula is C36H39N3O7S. The Labute approximate surface area is 275 Å². The van der Waals surface area contributed by atoms with Crippen molar-refractivity contribution in [2.45, 2.75) is 23.9 Å². The average molecular weight is 658 g/mol. The van der Waals surface area contributed by atoms with Crippen molar-refractivity contribution in [2.75, 3.05) is 47.1 Å². The van der Waals surface area contributed by atoms with Crippen LogP contribution in [0.25, 0.3) is 0 Å². The fourth-order valence-electron chi connectivity index (χ4n) is 5.40. The van der Waals surface area contributed by atoms with Crippen LogP contribution in [0.4, 0.5) is 0 Å². The van der Waals surface area contributed by atoms with E-state index in [-0.39, 0.29) is 42.5 Å². The van der Waals surface area contributed by atoms with Crippen molar-refractivity contribution in [3.05, 3.63) is 125 Å². The fraction of sp³-hybridized carbons (Fsp3) is 0.278. The van der Waals surface area contributed by atoms with Crippen molar-refractivity contribution in [1.29, 1.82) is 0 Å². The second-order valence-corrected chi connectivity index (χ2v) is 13.0. The number of hydrogen-bond donors (Lipinski definition) is 1. The first-order valence-electron chi connectivity index (χ1n) is 15.4. The van der Waals surface area contributed by atoms with E-state index in [4.69, 9.17) is 14.2 Å². The number of nitrogens with zero attached hydrogens (tertiary/aromatic N) is 2. The van der Waals surface area contributed by atoms with Crippen LogP contribution in [0.3, 0.4) is 0 Å². The van der Waals surface area contributed by atoms with Crippen LogP contribution in [0.5, 0.6) is 11.5 Å². The van der Waals surface area contributed by atoms with Crippen molar-refractivity contribution in [1.82, 2.24) is 14.5 Å². The second-order valence-electron chi connectivity index (χ2n) is 11.0. The van der Waals surface area contributed by atoms with Crippen LogP contribution in [-0.2, 0) is 32.5 Å².